The molecular formula is C8H11NO4. The average Bonchev–Trinajstić information content (AvgIpc) is 2.17. The Labute approximate surface area is 75.4 Å². The molecule has 0 spiro atoms. The Balaban J connectivity index is 2.24. The number of nitrogens with zero attached hydrogens (tertiary/aromatic N) is 1. The van der Waals surface area contributed by atoms with Crippen molar-refractivity contribution < 1.29 is 19.8 Å². The van der Waals surface area contributed by atoms with Crippen LogP contribution in [0.4, 0.5) is 0 Å². The van der Waals surface area contributed by atoms with Crippen molar-refractivity contribution in [2.45, 2.75) is 0 Å². The zero-order valence-electron chi connectivity index (χ0n) is 7.06. The normalized spacial score (nSPS) is 21.7. The van der Waals surface area contributed by atoms with Gasteiger partial charge in [0.15, 0.2) is 11.5 Å². The Bertz CT molecular complexity index is 271. The molecule has 2 rings (SSSR count). The van der Waals surface area contributed by atoms with Crippen LogP contribution >= 0.6 is 0 Å². The molecular weight excluding hydrogens is 174 g/mol. The standard InChI is InChI=1S/C8H11NO4/c10-5-6-3-7-8(4-9(6)11)13-2-1-12-7/h3,10-11H,1-2,4-5H2. The van der Waals surface area contributed by atoms with E-state index in [1.165, 1.54) is 0 Å². The summed E-state index contributed by atoms with van der Waals surface area (Å²) in [5.74, 6) is 1.23. The number of rotatable bonds is 1. The maximum absolute atomic E-state index is 9.34. The molecule has 0 saturated carbocycles. The zero-order chi connectivity index (χ0) is 9.26. The number of hydroxylamine groups is 2. The summed E-state index contributed by atoms with van der Waals surface area (Å²) in [5, 5.41) is 19.2. The molecule has 2 aliphatic heterocycles. The molecule has 0 aromatic heterocycles. The van der Waals surface area contributed by atoms with E-state index in [-0.39, 0.29) is 13.2 Å². The second kappa shape index (κ2) is 3.27. The summed E-state index contributed by atoms with van der Waals surface area (Å²) in [4.78, 5) is 0. The van der Waals surface area contributed by atoms with Crippen molar-refractivity contribution in [3.8, 4) is 0 Å². The number of hydrogen-bond acceptors (Lipinski definition) is 5. The molecule has 0 aromatic carbocycles. The highest BCUT2D eigenvalue weighted by molar-refractivity contribution is 5.27. The van der Waals surface area contributed by atoms with Crippen LogP contribution in [0.1, 0.15) is 0 Å². The minimum Gasteiger partial charge on any atom is -0.489 e. The lowest BCUT2D eigenvalue weighted by atomic mass is 10.2. The molecule has 0 amide bonds. The molecule has 72 valence electrons. The van der Waals surface area contributed by atoms with Crippen molar-refractivity contribution in [3.05, 3.63) is 23.3 Å². The SMILES string of the molecule is OCC1=CC2=C(CN1O)OCCO2. The van der Waals surface area contributed by atoms with E-state index in [2.05, 4.69) is 0 Å². The van der Waals surface area contributed by atoms with E-state index in [9.17, 15) is 5.21 Å². The van der Waals surface area contributed by atoms with Gasteiger partial charge in [0.1, 0.15) is 19.8 Å². The van der Waals surface area contributed by atoms with Crippen LogP contribution in [0.3, 0.4) is 0 Å². The highest BCUT2D eigenvalue weighted by Crippen LogP contribution is 2.23. The van der Waals surface area contributed by atoms with Crippen LogP contribution in [0.15, 0.2) is 23.3 Å². The smallest absolute Gasteiger partial charge is 0.160 e. The predicted molar refractivity (Wildman–Crippen MR) is 42.6 cm³/mol. The molecule has 0 saturated heterocycles. The van der Waals surface area contributed by atoms with Crippen molar-refractivity contribution in [3.63, 3.8) is 0 Å². The highest BCUT2D eigenvalue weighted by atomic mass is 16.6. The average molecular weight is 185 g/mol. The highest BCUT2D eigenvalue weighted by Gasteiger charge is 2.23. The summed E-state index contributed by atoms with van der Waals surface area (Å²) in [7, 11) is 0. The first-order valence-corrected chi connectivity index (χ1v) is 4.08. The zero-order valence-corrected chi connectivity index (χ0v) is 7.06. The van der Waals surface area contributed by atoms with Crippen LogP contribution in [0, 0.1) is 0 Å². The molecule has 5 heteroatoms. The Hall–Kier alpha value is -1.20. The first-order chi connectivity index (χ1) is 6.31. The summed E-state index contributed by atoms with van der Waals surface area (Å²) < 4.78 is 10.6. The topological polar surface area (TPSA) is 62.2 Å². The Kier molecular flexibility index (Phi) is 2.12. The quantitative estimate of drug-likeness (QED) is 0.593. The summed E-state index contributed by atoms with van der Waals surface area (Å²) >= 11 is 0. The van der Waals surface area contributed by atoms with Gasteiger partial charge in [-0.05, 0) is 0 Å². The molecule has 0 atom stereocenters. The van der Waals surface area contributed by atoms with Crippen molar-refractivity contribution >= 4 is 0 Å². The van der Waals surface area contributed by atoms with Gasteiger partial charge in [-0.3, -0.25) is 10.3 Å². The lowest BCUT2D eigenvalue weighted by Gasteiger charge is -2.29. The number of ether oxygens (including phenoxy) is 2. The summed E-state index contributed by atoms with van der Waals surface area (Å²) in [5.41, 5.74) is 0.421. The van der Waals surface area contributed by atoms with Gasteiger partial charge >= 0.3 is 0 Å². The second-order valence-corrected chi connectivity index (χ2v) is 2.84. The molecule has 0 fully saturated rings. The fraction of sp³-hybridized carbons (Fsp3) is 0.500. The second-order valence-electron chi connectivity index (χ2n) is 2.84. The molecule has 0 aromatic rings. The van der Waals surface area contributed by atoms with Gasteiger partial charge in [-0.2, -0.15) is 0 Å². The molecule has 0 aliphatic carbocycles. The van der Waals surface area contributed by atoms with Crippen LogP contribution < -0.4 is 0 Å². The van der Waals surface area contributed by atoms with Crippen LogP contribution in [0.2, 0.25) is 0 Å². The number of aliphatic hydroxyl groups is 1. The van der Waals surface area contributed by atoms with E-state index in [4.69, 9.17) is 14.6 Å². The third-order valence-corrected chi connectivity index (χ3v) is 1.98. The van der Waals surface area contributed by atoms with Gasteiger partial charge < -0.3 is 14.6 Å². The van der Waals surface area contributed by atoms with E-state index >= 15 is 0 Å². The first-order valence-electron chi connectivity index (χ1n) is 4.08. The fourth-order valence-corrected chi connectivity index (χ4v) is 1.30. The van der Waals surface area contributed by atoms with Crippen molar-refractivity contribution in [1.82, 2.24) is 5.06 Å². The van der Waals surface area contributed by atoms with Gasteiger partial charge in [0, 0.05) is 6.08 Å². The Morgan fingerprint density at radius 1 is 1.38 bits per heavy atom. The van der Waals surface area contributed by atoms with Gasteiger partial charge in [0.05, 0.1) is 12.3 Å². The number of allylic oxidation sites excluding steroid dienone is 1. The first kappa shape index (κ1) is 8.40. The maximum Gasteiger partial charge on any atom is 0.160 e. The van der Waals surface area contributed by atoms with Gasteiger partial charge in [-0.25, -0.2) is 0 Å². The van der Waals surface area contributed by atoms with Crippen LogP contribution in [0.5, 0.6) is 0 Å². The minimum atomic E-state index is -0.212. The number of hydrogen-bond donors (Lipinski definition) is 2. The van der Waals surface area contributed by atoms with Crippen molar-refractivity contribution in [2.24, 2.45) is 0 Å². The molecule has 0 unspecified atom stereocenters. The minimum absolute atomic E-state index is 0.212. The Morgan fingerprint density at radius 2 is 2.15 bits per heavy atom. The number of aliphatic hydroxyl groups excluding tert-OH is 1. The monoisotopic (exact) mass is 185 g/mol. The molecule has 5 nitrogen and oxygen atoms in total. The molecule has 13 heavy (non-hydrogen) atoms. The van der Waals surface area contributed by atoms with Crippen molar-refractivity contribution in [1.29, 1.82) is 0 Å². The molecule has 2 N–H and O–H groups in total. The van der Waals surface area contributed by atoms with E-state index in [0.717, 1.165) is 5.06 Å². The summed E-state index contributed by atoms with van der Waals surface area (Å²) in [6, 6.07) is 0. The fourth-order valence-electron chi connectivity index (χ4n) is 1.30. The lowest BCUT2D eigenvalue weighted by molar-refractivity contribution is -0.0783. The third kappa shape index (κ3) is 1.48. The van der Waals surface area contributed by atoms with Crippen LogP contribution in [-0.4, -0.2) is 41.7 Å². The molecule has 2 heterocycles. The molecule has 0 radical (unpaired) electrons. The van der Waals surface area contributed by atoms with Gasteiger partial charge in [-0.15, -0.1) is 0 Å². The van der Waals surface area contributed by atoms with Gasteiger partial charge in [0.2, 0.25) is 0 Å². The third-order valence-electron chi connectivity index (χ3n) is 1.98. The summed E-state index contributed by atoms with van der Waals surface area (Å²) in [6.45, 7) is 1.05. The predicted octanol–water partition coefficient (Wildman–Crippen LogP) is -0.174. The van der Waals surface area contributed by atoms with Crippen LogP contribution in [0.25, 0.3) is 0 Å². The summed E-state index contributed by atoms with van der Waals surface area (Å²) in [6.07, 6.45) is 1.58. The van der Waals surface area contributed by atoms with Crippen LogP contribution in [-0.2, 0) is 9.47 Å². The maximum atomic E-state index is 9.34. The molecule has 0 bridgehead atoms. The van der Waals surface area contributed by atoms with Gasteiger partial charge in [0.25, 0.3) is 0 Å². The largest absolute Gasteiger partial charge is 0.489 e. The van der Waals surface area contributed by atoms with E-state index < -0.39 is 0 Å². The van der Waals surface area contributed by atoms with E-state index in [0.29, 0.717) is 30.4 Å². The van der Waals surface area contributed by atoms with E-state index in [1.54, 1.807) is 6.08 Å². The lowest BCUT2D eigenvalue weighted by Crippen LogP contribution is -2.31. The molecule has 2 aliphatic rings. The van der Waals surface area contributed by atoms with E-state index in [1.807, 2.05) is 0 Å². The Morgan fingerprint density at radius 3 is 2.92 bits per heavy atom. The van der Waals surface area contributed by atoms with Crippen molar-refractivity contribution in [2.75, 3.05) is 26.4 Å². The van der Waals surface area contributed by atoms with Gasteiger partial charge in [-0.1, -0.05) is 0 Å².